The van der Waals surface area contributed by atoms with Gasteiger partial charge in [-0.2, -0.15) is 0 Å². The number of ether oxygens (including phenoxy) is 1. The highest BCUT2D eigenvalue weighted by Crippen LogP contribution is 2.18. The summed E-state index contributed by atoms with van der Waals surface area (Å²) in [7, 11) is 0. The number of hydrogen-bond acceptors (Lipinski definition) is 4. The van der Waals surface area contributed by atoms with Gasteiger partial charge in [-0.3, -0.25) is 4.90 Å². The Balaban J connectivity index is 1.37. The number of para-hydroxylation sites is 1. The molecule has 1 fully saturated rings. The van der Waals surface area contributed by atoms with Gasteiger partial charge in [-0.25, -0.2) is 0 Å². The van der Waals surface area contributed by atoms with E-state index in [4.69, 9.17) is 9.15 Å². The summed E-state index contributed by atoms with van der Waals surface area (Å²) in [5.41, 5.74) is 0.970. The molecule has 2 heterocycles. The third kappa shape index (κ3) is 3.60. The van der Waals surface area contributed by atoms with Crippen molar-refractivity contribution < 1.29 is 9.15 Å². The number of fused-ring (bicyclic) bond motifs is 1. The zero-order chi connectivity index (χ0) is 13.6. The van der Waals surface area contributed by atoms with E-state index in [2.05, 4.69) is 22.3 Å². The van der Waals surface area contributed by atoms with Crippen LogP contribution in [0.5, 0.6) is 0 Å². The van der Waals surface area contributed by atoms with Crippen LogP contribution >= 0.6 is 0 Å². The van der Waals surface area contributed by atoms with Crippen LogP contribution in [0.2, 0.25) is 0 Å². The average molecular weight is 274 g/mol. The van der Waals surface area contributed by atoms with Crippen molar-refractivity contribution in [3.63, 3.8) is 0 Å². The Kier molecular flexibility index (Phi) is 4.69. The maximum Gasteiger partial charge on any atom is 0.134 e. The van der Waals surface area contributed by atoms with Crippen molar-refractivity contribution in [3.8, 4) is 0 Å². The average Bonchev–Trinajstić information content (AvgIpc) is 2.90. The maximum absolute atomic E-state index is 5.78. The van der Waals surface area contributed by atoms with E-state index in [1.165, 1.54) is 11.8 Å². The lowest BCUT2D eigenvalue weighted by Gasteiger charge is -2.26. The van der Waals surface area contributed by atoms with Gasteiger partial charge in [0.05, 0.1) is 19.8 Å². The molecule has 0 amide bonds. The molecule has 1 aliphatic heterocycles. The second kappa shape index (κ2) is 6.88. The minimum absolute atomic E-state index is 0.803. The van der Waals surface area contributed by atoms with E-state index in [1.807, 2.05) is 18.2 Å². The quantitative estimate of drug-likeness (QED) is 0.820. The summed E-state index contributed by atoms with van der Waals surface area (Å²) < 4.78 is 11.1. The van der Waals surface area contributed by atoms with Crippen LogP contribution in [0, 0.1) is 0 Å². The van der Waals surface area contributed by atoms with Crippen molar-refractivity contribution in [1.82, 2.24) is 10.2 Å². The molecular weight excluding hydrogens is 252 g/mol. The second-order valence-electron chi connectivity index (χ2n) is 5.23. The fourth-order valence-electron chi connectivity index (χ4n) is 2.59. The Bertz CT molecular complexity index is 499. The predicted molar refractivity (Wildman–Crippen MR) is 79.8 cm³/mol. The largest absolute Gasteiger partial charge is 0.460 e. The molecule has 1 N–H and O–H groups in total. The highest BCUT2D eigenvalue weighted by molar-refractivity contribution is 5.77. The highest BCUT2D eigenvalue weighted by Gasteiger charge is 2.09. The molecule has 108 valence electrons. The zero-order valence-electron chi connectivity index (χ0n) is 11.8. The Morgan fingerprint density at radius 1 is 1.15 bits per heavy atom. The smallest absolute Gasteiger partial charge is 0.134 e. The van der Waals surface area contributed by atoms with E-state index in [9.17, 15) is 0 Å². The molecule has 0 unspecified atom stereocenters. The van der Waals surface area contributed by atoms with Gasteiger partial charge in [0.2, 0.25) is 0 Å². The van der Waals surface area contributed by atoms with E-state index in [-0.39, 0.29) is 0 Å². The van der Waals surface area contributed by atoms with Crippen molar-refractivity contribution in [1.29, 1.82) is 0 Å². The van der Waals surface area contributed by atoms with Crippen molar-refractivity contribution in [2.75, 3.05) is 39.4 Å². The van der Waals surface area contributed by atoms with Gasteiger partial charge in [-0.1, -0.05) is 18.2 Å². The number of hydrogen-bond donors (Lipinski definition) is 1. The predicted octanol–water partition coefficient (Wildman–Crippen LogP) is 2.24. The number of nitrogens with one attached hydrogen (secondary N) is 1. The molecule has 4 nitrogen and oxygen atoms in total. The molecule has 1 aliphatic rings. The molecule has 0 saturated carbocycles. The van der Waals surface area contributed by atoms with Gasteiger partial charge in [0.25, 0.3) is 0 Å². The summed E-state index contributed by atoms with van der Waals surface area (Å²) in [6.07, 6.45) is 1.17. The number of rotatable bonds is 6. The minimum atomic E-state index is 0.803. The monoisotopic (exact) mass is 274 g/mol. The molecule has 0 atom stereocenters. The van der Waals surface area contributed by atoms with Gasteiger partial charge in [-0.05, 0) is 31.6 Å². The van der Waals surface area contributed by atoms with Crippen LogP contribution in [-0.2, 0) is 11.3 Å². The first-order valence-corrected chi connectivity index (χ1v) is 7.40. The maximum atomic E-state index is 5.78. The van der Waals surface area contributed by atoms with Crippen LogP contribution in [0.25, 0.3) is 11.0 Å². The molecule has 0 bridgehead atoms. The molecular formula is C16H22N2O2. The summed E-state index contributed by atoms with van der Waals surface area (Å²) in [5.74, 6) is 1.01. The Morgan fingerprint density at radius 3 is 2.85 bits per heavy atom. The van der Waals surface area contributed by atoms with Crippen LogP contribution in [0.3, 0.4) is 0 Å². The first-order chi connectivity index (χ1) is 9.92. The summed E-state index contributed by atoms with van der Waals surface area (Å²) in [6, 6.07) is 10.3. The summed E-state index contributed by atoms with van der Waals surface area (Å²) in [4.78, 5) is 2.46. The first kappa shape index (κ1) is 13.6. The summed E-state index contributed by atoms with van der Waals surface area (Å²) >= 11 is 0. The first-order valence-electron chi connectivity index (χ1n) is 7.40. The molecule has 4 heteroatoms. The van der Waals surface area contributed by atoms with E-state index in [1.54, 1.807) is 0 Å². The van der Waals surface area contributed by atoms with Crippen LogP contribution in [0.1, 0.15) is 12.2 Å². The van der Waals surface area contributed by atoms with E-state index < -0.39 is 0 Å². The van der Waals surface area contributed by atoms with Gasteiger partial charge in [0.15, 0.2) is 0 Å². The fourth-order valence-corrected chi connectivity index (χ4v) is 2.59. The van der Waals surface area contributed by atoms with E-state index in [0.29, 0.717) is 0 Å². The van der Waals surface area contributed by atoms with Gasteiger partial charge in [-0.15, -0.1) is 0 Å². The van der Waals surface area contributed by atoms with Gasteiger partial charge in [0.1, 0.15) is 11.3 Å². The zero-order valence-corrected chi connectivity index (χ0v) is 11.8. The van der Waals surface area contributed by atoms with Crippen LogP contribution in [0.4, 0.5) is 0 Å². The molecule has 0 aliphatic carbocycles. The van der Waals surface area contributed by atoms with Gasteiger partial charge < -0.3 is 14.5 Å². The molecule has 1 aromatic heterocycles. The summed E-state index contributed by atoms with van der Waals surface area (Å²) in [5, 5.41) is 4.63. The Morgan fingerprint density at radius 2 is 2.00 bits per heavy atom. The molecule has 2 aromatic rings. The third-order valence-corrected chi connectivity index (χ3v) is 3.71. The van der Waals surface area contributed by atoms with Crippen molar-refractivity contribution in [2.24, 2.45) is 0 Å². The molecule has 1 saturated heterocycles. The normalized spacial score (nSPS) is 16.8. The third-order valence-electron chi connectivity index (χ3n) is 3.71. The Labute approximate surface area is 119 Å². The lowest BCUT2D eigenvalue weighted by molar-refractivity contribution is 0.0374. The van der Waals surface area contributed by atoms with Gasteiger partial charge in [0, 0.05) is 18.5 Å². The van der Waals surface area contributed by atoms with Crippen LogP contribution in [-0.4, -0.2) is 44.3 Å². The number of furan rings is 1. The van der Waals surface area contributed by atoms with Crippen LogP contribution < -0.4 is 5.32 Å². The topological polar surface area (TPSA) is 37.6 Å². The molecule has 0 radical (unpaired) electrons. The molecule has 20 heavy (non-hydrogen) atoms. The van der Waals surface area contributed by atoms with E-state index >= 15 is 0 Å². The van der Waals surface area contributed by atoms with E-state index in [0.717, 1.165) is 57.3 Å². The SMILES string of the molecule is c1ccc2oc(CNCCCN3CCOCC3)cc2c1. The lowest BCUT2D eigenvalue weighted by atomic mass is 10.2. The fraction of sp³-hybridized carbons (Fsp3) is 0.500. The van der Waals surface area contributed by atoms with Crippen molar-refractivity contribution >= 4 is 11.0 Å². The molecule has 0 spiro atoms. The standard InChI is InChI=1S/C16H22N2O2/c1-2-5-16-14(4-1)12-15(20-16)13-17-6-3-7-18-8-10-19-11-9-18/h1-2,4-5,12,17H,3,6-11,13H2. The van der Waals surface area contributed by atoms with Gasteiger partial charge >= 0.3 is 0 Å². The highest BCUT2D eigenvalue weighted by atomic mass is 16.5. The van der Waals surface area contributed by atoms with Crippen LogP contribution in [0.15, 0.2) is 34.7 Å². The number of morpholine rings is 1. The molecule has 3 rings (SSSR count). The lowest BCUT2D eigenvalue weighted by Crippen LogP contribution is -2.37. The van der Waals surface area contributed by atoms with Crippen molar-refractivity contribution in [2.45, 2.75) is 13.0 Å². The number of benzene rings is 1. The summed E-state index contributed by atoms with van der Waals surface area (Å²) in [6.45, 7) is 6.88. The second-order valence-corrected chi connectivity index (χ2v) is 5.23. The number of nitrogens with zero attached hydrogens (tertiary/aromatic N) is 1. The minimum Gasteiger partial charge on any atom is -0.460 e. The van der Waals surface area contributed by atoms with Crippen molar-refractivity contribution in [3.05, 3.63) is 36.1 Å². The molecule has 1 aromatic carbocycles. The Hall–Kier alpha value is -1.36.